The summed E-state index contributed by atoms with van der Waals surface area (Å²) in [5.74, 6) is -0.123. The van der Waals surface area contributed by atoms with Crippen molar-refractivity contribution in [3.8, 4) is 5.75 Å². The maximum atomic E-state index is 12.6. The van der Waals surface area contributed by atoms with Crippen molar-refractivity contribution in [3.05, 3.63) is 63.4 Å². The third-order valence-corrected chi connectivity index (χ3v) is 4.62. The SMILES string of the molecule is CCc1cccc(CC)c1CNC(=O)n1[nH]c2cccc(OC(=O)O)c2c1=O. The van der Waals surface area contributed by atoms with E-state index in [0.29, 0.717) is 5.52 Å². The van der Waals surface area contributed by atoms with E-state index in [-0.39, 0.29) is 17.7 Å². The van der Waals surface area contributed by atoms with Crippen LogP contribution in [-0.2, 0) is 19.4 Å². The first-order valence-corrected chi connectivity index (χ1v) is 8.98. The molecule has 0 aliphatic carbocycles. The fraction of sp³-hybridized carbons (Fsp3) is 0.250. The van der Waals surface area contributed by atoms with Gasteiger partial charge in [0.1, 0.15) is 11.1 Å². The van der Waals surface area contributed by atoms with Crippen molar-refractivity contribution in [2.24, 2.45) is 0 Å². The topological polar surface area (TPSA) is 113 Å². The molecule has 2 aromatic carbocycles. The number of nitrogens with zero attached hydrogens (tertiary/aromatic N) is 1. The van der Waals surface area contributed by atoms with Crippen LogP contribution in [0.5, 0.6) is 5.75 Å². The molecule has 3 N–H and O–H groups in total. The van der Waals surface area contributed by atoms with Crippen molar-refractivity contribution in [1.82, 2.24) is 15.1 Å². The first-order valence-electron chi connectivity index (χ1n) is 8.98. The fourth-order valence-electron chi connectivity index (χ4n) is 3.27. The number of hydrogen-bond acceptors (Lipinski definition) is 4. The second-order valence-electron chi connectivity index (χ2n) is 6.22. The standard InChI is InChI=1S/C20H21N3O5/c1-3-12-7-5-8-13(4-2)14(12)11-21-19(25)23-18(24)17-15(22-23)9-6-10-16(17)28-20(26)27/h5-10,22H,3-4,11H2,1-2H3,(H,21,25)(H,26,27). The molecule has 0 atom stereocenters. The van der Waals surface area contributed by atoms with E-state index < -0.39 is 17.7 Å². The molecule has 0 bridgehead atoms. The molecule has 1 heterocycles. The Morgan fingerprint density at radius 1 is 1.11 bits per heavy atom. The summed E-state index contributed by atoms with van der Waals surface area (Å²) in [5, 5.41) is 14.3. The zero-order valence-corrected chi connectivity index (χ0v) is 15.6. The van der Waals surface area contributed by atoms with Gasteiger partial charge in [-0.25, -0.2) is 9.59 Å². The number of aromatic amines is 1. The Hall–Kier alpha value is -3.55. The van der Waals surface area contributed by atoms with Crippen molar-refractivity contribution in [2.45, 2.75) is 33.2 Å². The molecule has 0 aliphatic rings. The number of amides is 1. The van der Waals surface area contributed by atoms with Gasteiger partial charge in [0.15, 0.2) is 0 Å². The molecule has 0 spiro atoms. The molecule has 0 aliphatic heterocycles. The normalized spacial score (nSPS) is 10.8. The Kier molecular flexibility index (Phi) is 5.49. The van der Waals surface area contributed by atoms with Gasteiger partial charge in [0.2, 0.25) is 0 Å². The Morgan fingerprint density at radius 3 is 2.36 bits per heavy atom. The molecule has 0 saturated heterocycles. The second-order valence-corrected chi connectivity index (χ2v) is 6.22. The number of aryl methyl sites for hydroxylation is 2. The van der Waals surface area contributed by atoms with Crippen LogP contribution in [0.2, 0.25) is 0 Å². The molecule has 0 unspecified atom stereocenters. The van der Waals surface area contributed by atoms with Crippen molar-refractivity contribution in [1.29, 1.82) is 0 Å². The van der Waals surface area contributed by atoms with Gasteiger partial charge in [0, 0.05) is 6.54 Å². The summed E-state index contributed by atoms with van der Waals surface area (Å²) in [7, 11) is 0. The van der Waals surface area contributed by atoms with E-state index in [0.717, 1.165) is 34.2 Å². The Bertz CT molecular complexity index is 1070. The number of ether oxygens (including phenoxy) is 1. The summed E-state index contributed by atoms with van der Waals surface area (Å²) in [6.07, 6.45) is 0.134. The van der Waals surface area contributed by atoms with Crippen molar-refractivity contribution < 1.29 is 19.4 Å². The van der Waals surface area contributed by atoms with Crippen LogP contribution in [-0.4, -0.2) is 27.1 Å². The van der Waals surface area contributed by atoms with Crippen molar-refractivity contribution in [2.75, 3.05) is 0 Å². The van der Waals surface area contributed by atoms with E-state index in [2.05, 4.69) is 15.2 Å². The first-order chi connectivity index (χ1) is 13.5. The van der Waals surface area contributed by atoms with Gasteiger partial charge in [-0.2, -0.15) is 4.68 Å². The van der Waals surface area contributed by atoms with Gasteiger partial charge >= 0.3 is 12.2 Å². The van der Waals surface area contributed by atoms with Gasteiger partial charge in [0.05, 0.1) is 5.52 Å². The number of rotatable bonds is 5. The van der Waals surface area contributed by atoms with Gasteiger partial charge < -0.3 is 15.2 Å². The van der Waals surface area contributed by atoms with Gasteiger partial charge in [-0.15, -0.1) is 0 Å². The van der Waals surface area contributed by atoms with E-state index in [4.69, 9.17) is 5.11 Å². The third kappa shape index (κ3) is 3.62. The van der Waals surface area contributed by atoms with Crippen molar-refractivity contribution >= 4 is 23.1 Å². The van der Waals surface area contributed by atoms with Crippen LogP contribution >= 0.6 is 0 Å². The highest BCUT2D eigenvalue weighted by Gasteiger charge is 2.18. The van der Waals surface area contributed by atoms with E-state index in [1.807, 2.05) is 32.0 Å². The zero-order chi connectivity index (χ0) is 20.3. The highest BCUT2D eigenvalue weighted by atomic mass is 16.7. The molecule has 8 heteroatoms. The van der Waals surface area contributed by atoms with Crippen LogP contribution < -0.4 is 15.6 Å². The van der Waals surface area contributed by atoms with E-state index in [9.17, 15) is 14.4 Å². The highest BCUT2D eigenvalue weighted by molar-refractivity contribution is 5.89. The third-order valence-electron chi connectivity index (χ3n) is 4.62. The Labute approximate surface area is 160 Å². The van der Waals surface area contributed by atoms with Gasteiger partial charge in [-0.1, -0.05) is 38.1 Å². The Morgan fingerprint density at radius 2 is 1.75 bits per heavy atom. The monoisotopic (exact) mass is 383 g/mol. The molecular weight excluding hydrogens is 362 g/mol. The minimum absolute atomic E-state index is 0.00301. The fourth-order valence-corrected chi connectivity index (χ4v) is 3.27. The molecule has 1 aromatic heterocycles. The lowest BCUT2D eigenvalue weighted by Crippen LogP contribution is -2.35. The van der Waals surface area contributed by atoms with Crippen LogP contribution in [0.3, 0.4) is 0 Å². The Balaban J connectivity index is 1.90. The predicted octanol–water partition coefficient (Wildman–Crippen LogP) is 3.27. The molecule has 8 nitrogen and oxygen atoms in total. The molecule has 0 radical (unpaired) electrons. The number of carboxylic acid groups (broad SMARTS) is 1. The lowest BCUT2D eigenvalue weighted by molar-refractivity contribution is 0.145. The van der Waals surface area contributed by atoms with Crippen molar-refractivity contribution in [3.63, 3.8) is 0 Å². The van der Waals surface area contributed by atoms with Crippen LogP contribution in [0.1, 0.15) is 30.5 Å². The molecule has 0 fully saturated rings. The summed E-state index contributed by atoms with van der Waals surface area (Å²) >= 11 is 0. The van der Waals surface area contributed by atoms with E-state index >= 15 is 0 Å². The largest absolute Gasteiger partial charge is 0.511 e. The van der Waals surface area contributed by atoms with Crippen LogP contribution in [0, 0.1) is 0 Å². The molecule has 1 amide bonds. The van der Waals surface area contributed by atoms with E-state index in [1.165, 1.54) is 12.1 Å². The summed E-state index contributed by atoms with van der Waals surface area (Å²) in [6.45, 7) is 4.38. The minimum Gasteiger partial charge on any atom is -0.449 e. The maximum Gasteiger partial charge on any atom is 0.511 e. The van der Waals surface area contributed by atoms with Crippen LogP contribution in [0.15, 0.2) is 41.2 Å². The summed E-state index contributed by atoms with van der Waals surface area (Å²) in [4.78, 5) is 36.1. The number of carbonyl (C=O) groups is 2. The molecule has 28 heavy (non-hydrogen) atoms. The zero-order valence-electron chi connectivity index (χ0n) is 15.6. The number of aromatic nitrogens is 2. The molecule has 0 saturated carbocycles. The smallest absolute Gasteiger partial charge is 0.449 e. The second kappa shape index (κ2) is 7.99. The maximum absolute atomic E-state index is 12.6. The number of fused-ring (bicyclic) bond motifs is 1. The van der Waals surface area contributed by atoms with Gasteiger partial charge in [-0.05, 0) is 41.7 Å². The summed E-state index contributed by atoms with van der Waals surface area (Å²) in [5.41, 5.74) is 2.95. The first kappa shape index (κ1) is 19.2. The molecular formula is C20H21N3O5. The number of H-pyrrole nitrogens is 1. The number of hydrogen-bond donors (Lipinski definition) is 3. The van der Waals surface area contributed by atoms with Gasteiger partial charge in [-0.3, -0.25) is 9.89 Å². The van der Waals surface area contributed by atoms with Crippen LogP contribution in [0.25, 0.3) is 10.9 Å². The number of carbonyl (C=O) groups excluding carboxylic acids is 1. The molecule has 146 valence electrons. The lowest BCUT2D eigenvalue weighted by atomic mass is 9.97. The highest BCUT2D eigenvalue weighted by Crippen LogP contribution is 2.21. The average molecular weight is 383 g/mol. The number of nitrogens with one attached hydrogen (secondary N) is 2. The van der Waals surface area contributed by atoms with Crippen LogP contribution in [0.4, 0.5) is 9.59 Å². The predicted molar refractivity (Wildman–Crippen MR) is 104 cm³/mol. The average Bonchev–Trinajstić information content (AvgIpc) is 3.03. The molecule has 3 rings (SSSR count). The summed E-state index contributed by atoms with van der Waals surface area (Å²) < 4.78 is 5.46. The molecule has 3 aromatic rings. The quantitative estimate of drug-likeness (QED) is 0.462. The lowest BCUT2D eigenvalue weighted by Gasteiger charge is -2.13. The minimum atomic E-state index is -1.53. The summed E-state index contributed by atoms with van der Waals surface area (Å²) in [6, 6.07) is 9.86. The van der Waals surface area contributed by atoms with E-state index in [1.54, 1.807) is 6.07 Å². The van der Waals surface area contributed by atoms with Gasteiger partial charge in [0.25, 0.3) is 5.56 Å². The number of benzene rings is 2.